The van der Waals surface area contributed by atoms with Crippen molar-refractivity contribution in [2.24, 2.45) is 0 Å². The Morgan fingerprint density at radius 3 is 2.28 bits per heavy atom. The smallest absolute Gasteiger partial charge is 0.123 e. The predicted octanol–water partition coefficient (Wildman–Crippen LogP) is 3.54. The van der Waals surface area contributed by atoms with E-state index in [-0.39, 0.29) is 11.6 Å². The number of aryl methyl sites for hydroxylation is 1. The number of halogens is 1. The number of aromatic hydroxyl groups is 1. The van der Waals surface area contributed by atoms with Crippen molar-refractivity contribution in [3.63, 3.8) is 0 Å². The van der Waals surface area contributed by atoms with E-state index in [1.165, 1.54) is 12.1 Å². The van der Waals surface area contributed by atoms with Crippen molar-refractivity contribution in [1.82, 2.24) is 0 Å². The molecule has 0 bridgehead atoms. The quantitative estimate of drug-likeness (QED) is 0.817. The van der Waals surface area contributed by atoms with Crippen LogP contribution in [0.4, 0.5) is 4.39 Å². The Bertz CT molecular complexity index is 429. The van der Waals surface area contributed by atoms with Gasteiger partial charge in [0.1, 0.15) is 17.3 Å². The monoisotopic (exact) mass is 246 g/mol. The van der Waals surface area contributed by atoms with Crippen LogP contribution in [0.15, 0.2) is 48.5 Å². The molecule has 1 N–H and O–H groups in total. The van der Waals surface area contributed by atoms with E-state index in [4.69, 9.17) is 9.84 Å². The summed E-state index contributed by atoms with van der Waals surface area (Å²) in [5.41, 5.74) is 1.10. The molecule has 0 heterocycles. The van der Waals surface area contributed by atoms with Crippen molar-refractivity contribution < 1.29 is 14.2 Å². The van der Waals surface area contributed by atoms with Gasteiger partial charge >= 0.3 is 0 Å². The first-order valence-electron chi connectivity index (χ1n) is 5.90. The van der Waals surface area contributed by atoms with E-state index in [9.17, 15) is 4.39 Å². The summed E-state index contributed by atoms with van der Waals surface area (Å²) in [7, 11) is 0. The summed E-state index contributed by atoms with van der Waals surface area (Å²) in [6, 6.07) is 13.2. The van der Waals surface area contributed by atoms with Gasteiger partial charge in [-0.3, -0.25) is 0 Å². The summed E-state index contributed by atoms with van der Waals surface area (Å²) in [5, 5.41) is 9.11. The van der Waals surface area contributed by atoms with Crippen molar-refractivity contribution in [1.29, 1.82) is 0 Å². The van der Waals surface area contributed by atoms with Crippen LogP contribution in [-0.4, -0.2) is 11.7 Å². The van der Waals surface area contributed by atoms with Gasteiger partial charge in [0.25, 0.3) is 0 Å². The molecule has 18 heavy (non-hydrogen) atoms. The van der Waals surface area contributed by atoms with E-state index >= 15 is 0 Å². The van der Waals surface area contributed by atoms with Crippen LogP contribution in [0.5, 0.6) is 11.5 Å². The number of benzene rings is 2. The third-order valence-electron chi connectivity index (χ3n) is 2.63. The van der Waals surface area contributed by atoms with Crippen LogP contribution in [0, 0.1) is 5.82 Å². The van der Waals surface area contributed by atoms with Crippen molar-refractivity contribution >= 4 is 0 Å². The van der Waals surface area contributed by atoms with Gasteiger partial charge in [-0.15, -0.1) is 0 Å². The Morgan fingerprint density at radius 2 is 1.61 bits per heavy atom. The van der Waals surface area contributed by atoms with Crippen LogP contribution in [0.3, 0.4) is 0 Å². The fourth-order valence-electron chi connectivity index (χ4n) is 1.66. The lowest BCUT2D eigenvalue weighted by atomic mass is 10.1. The Kier molecular flexibility index (Phi) is 4.18. The first-order valence-corrected chi connectivity index (χ1v) is 5.90. The van der Waals surface area contributed by atoms with Crippen LogP contribution < -0.4 is 4.74 Å². The molecule has 2 aromatic carbocycles. The zero-order valence-electron chi connectivity index (χ0n) is 9.97. The third kappa shape index (κ3) is 3.77. The number of ether oxygens (including phenoxy) is 1. The Morgan fingerprint density at radius 1 is 0.944 bits per heavy atom. The normalized spacial score (nSPS) is 10.3. The molecule has 0 saturated carbocycles. The highest BCUT2D eigenvalue weighted by Crippen LogP contribution is 2.16. The van der Waals surface area contributed by atoms with Gasteiger partial charge in [0.2, 0.25) is 0 Å². The van der Waals surface area contributed by atoms with E-state index in [1.54, 1.807) is 36.4 Å². The van der Waals surface area contributed by atoms with Crippen LogP contribution in [-0.2, 0) is 6.42 Å². The molecular weight excluding hydrogens is 231 g/mol. The lowest BCUT2D eigenvalue weighted by Gasteiger charge is -2.06. The largest absolute Gasteiger partial charge is 0.508 e. The molecule has 0 spiro atoms. The van der Waals surface area contributed by atoms with Gasteiger partial charge in [0.05, 0.1) is 6.61 Å². The minimum Gasteiger partial charge on any atom is -0.508 e. The molecule has 0 saturated heterocycles. The van der Waals surface area contributed by atoms with E-state index in [2.05, 4.69) is 0 Å². The van der Waals surface area contributed by atoms with Crippen LogP contribution >= 0.6 is 0 Å². The highest BCUT2D eigenvalue weighted by Gasteiger charge is 1.96. The highest BCUT2D eigenvalue weighted by molar-refractivity contribution is 5.30. The number of phenolic OH excluding ortho intramolecular Hbond substituents is 1. The minimum absolute atomic E-state index is 0.209. The number of hydrogen-bond acceptors (Lipinski definition) is 2. The second kappa shape index (κ2) is 6.05. The minimum atomic E-state index is -0.209. The Hall–Kier alpha value is -2.03. The van der Waals surface area contributed by atoms with E-state index in [1.807, 2.05) is 0 Å². The van der Waals surface area contributed by atoms with Crippen molar-refractivity contribution in [2.45, 2.75) is 12.8 Å². The number of phenols is 1. The second-order valence-corrected chi connectivity index (χ2v) is 4.07. The zero-order valence-corrected chi connectivity index (χ0v) is 9.97. The summed E-state index contributed by atoms with van der Waals surface area (Å²) in [4.78, 5) is 0. The topological polar surface area (TPSA) is 29.5 Å². The Balaban J connectivity index is 1.73. The van der Waals surface area contributed by atoms with E-state index < -0.39 is 0 Å². The molecule has 2 rings (SSSR count). The molecule has 0 aliphatic carbocycles. The lowest BCUT2D eigenvalue weighted by molar-refractivity contribution is 0.310. The summed E-state index contributed by atoms with van der Waals surface area (Å²) in [5.74, 6) is 0.764. The zero-order chi connectivity index (χ0) is 12.8. The molecule has 3 heteroatoms. The standard InChI is InChI=1S/C15H15FO2/c16-13-5-3-12(4-6-13)2-1-11-18-15-9-7-14(17)8-10-15/h3-10,17H,1-2,11H2. The number of rotatable bonds is 5. The fourth-order valence-corrected chi connectivity index (χ4v) is 1.66. The molecule has 0 aliphatic heterocycles. The lowest BCUT2D eigenvalue weighted by Crippen LogP contribution is -1.99. The molecule has 0 fully saturated rings. The molecular formula is C15H15FO2. The van der Waals surface area contributed by atoms with Crippen molar-refractivity contribution in [2.75, 3.05) is 6.61 Å². The van der Waals surface area contributed by atoms with Crippen LogP contribution in [0.25, 0.3) is 0 Å². The number of hydrogen-bond donors (Lipinski definition) is 1. The van der Waals surface area contributed by atoms with E-state index in [0.717, 1.165) is 24.2 Å². The molecule has 2 aromatic rings. The maximum absolute atomic E-state index is 12.7. The summed E-state index contributed by atoms with van der Waals surface area (Å²) >= 11 is 0. The van der Waals surface area contributed by atoms with E-state index in [0.29, 0.717) is 6.61 Å². The van der Waals surface area contributed by atoms with Crippen molar-refractivity contribution in [3.8, 4) is 11.5 Å². The van der Waals surface area contributed by atoms with Gasteiger partial charge in [-0.2, -0.15) is 0 Å². The molecule has 0 radical (unpaired) electrons. The van der Waals surface area contributed by atoms with Crippen molar-refractivity contribution in [3.05, 3.63) is 59.9 Å². The summed E-state index contributed by atoms with van der Waals surface area (Å²) in [6.45, 7) is 0.599. The Labute approximate surface area is 106 Å². The SMILES string of the molecule is Oc1ccc(OCCCc2ccc(F)cc2)cc1. The highest BCUT2D eigenvalue weighted by atomic mass is 19.1. The van der Waals surface area contributed by atoms with Crippen LogP contribution in [0.1, 0.15) is 12.0 Å². The molecule has 94 valence electrons. The first-order chi connectivity index (χ1) is 8.74. The molecule has 2 nitrogen and oxygen atoms in total. The average molecular weight is 246 g/mol. The van der Waals surface area contributed by atoms with Gasteiger partial charge in [-0.05, 0) is 54.8 Å². The van der Waals surface area contributed by atoms with Gasteiger partial charge < -0.3 is 9.84 Å². The maximum atomic E-state index is 12.7. The third-order valence-corrected chi connectivity index (χ3v) is 2.63. The molecule has 0 aromatic heterocycles. The predicted molar refractivity (Wildman–Crippen MR) is 68.3 cm³/mol. The fraction of sp³-hybridized carbons (Fsp3) is 0.200. The molecule has 0 amide bonds. The average Bonchev–Trinajstić information content (AvgIpc) is 2.39. The van der Waals surface area contributed by atoms with Gasteiger partial charge in [-0.1, -0.05) is 12.1 Å². The second-order valence-electron chi connectivity index (χ2n) is 4.07. The van der Waals surface area contributed by atoms with Crippen LogP contribution in [0.2, 0.25) is 0 Å². The maximum Gasteiger partial charge on any atom is 0.123 e. The van der Waals surface area contributed by atoms with Gasteiger partial charge in [0, 0.05) is 0 Å². The van der Waals surface area contributed by atoms with Gasteiger partial charge in [0.15, 0.2) is 0 Å². The first kappa shape index (κ1) is 12.4. The molecule has 0 atom stereocenters. The summed E-state index contributed by atoms with van der Waals surface area (Å²) in [6.07, 6.45) is 1.73. The molecule has 0 unspecified atom stereocenters. The molecule has 0 aliphatic rings. The summed E-state index contributed by atoms with van der Waals surface area (Å²) < 4.78 is 18.2. The van der Waals surface area contributed by atoms with Gasteiger partial charge in [-0.25, -0.2) is 4.39 Å².